The molecule has 2 N–H and O–H groups in total. The van der Waals surface area contributed by atoms with Crippen LogP contribution in [0.5, 0.6) is 0 Å². The van der Waals surface area contributed by atoms with Crippen LogP contribution in [-0.4, -0.2) is 17.0 Å². The lowest BCUT2D eigenvalue weighted by Gasteiger charge is -2.00. The van der Waals surface area contributed by atoms with E-state index in [0.29, 0.717) is 11.5 Å². The van der Waals surface area contributed by atoms with Crippen molar-refractivity contribution in [2.24, 2.45) is 15.9 Å². The molecule has 0 aliphatic carbocycles. The minimum absolute atomic E-state index is 0.307. The highest BCUT2D eigenvalue weighted by Crippen LogP contribution is 2.08. The van der Waals surface area contributed by atoms with Gasteiger partial charge in [0.1, 0.15) is 5.69 Å². The van der Waals surface area contributed by atoms with Crippen molar-refractivity contribution >= 4 is 12.1 Å². The smallest absolute Gasteiger partial charge is 0.171 e. The van der Waals surface area contributed by atoms with E-state index in [1.165, 1.54) is 5.56 Å². The maximum absolute atomic E-state index is 5.80. The number of amidine groups is 1. The molecule has 96 valence electrons. The van der Waals surface area contributed by atoms with E-state index in [1.54, 1.807) is 18.5 Å². The van der Waals surface area contributed by atoms with Crippen LogP contribution in [0.3, 0.4) is 0 Å². The van der Waals surface area contributed by atoms with Gasteiger partial charge < -0.3 is 5.73 Å². The molecule has 0 saturated heterocycles. The normalized spacial score (nSPS) is 12.0. The Bertz CT molecular complexity index is 615. The van der Waals surface area contributed by atoms with Gasteiger partial charge in [-0.25, -0.2) is 0 Å². The third kappa shape index (κ3) is 3.48. The summed E-state index contributed by atoms with van der Waals surface area (Å²) in [4.78, 5) is 4.10. The van der Waals surface area contributed by atoms with Crippen molar-refractivity contribution in [2.75, 3.05) is 0 Å². The first-order valence-electron chi connectivity index (χ1n) is 6.02. The summed E-state index contributed by atoms with van der Waals surface area (Å²) in [6.45, 7) is 4.10. The number of rotatable bonds is 3. The molecule has 0 bridgehead atoms. The van der Waals surface area contributed by atoms with E-state index in [-0.39, 0.29) is 0 Å². The monoisotopic (exact) mass is 252 g/mol. The van der Waals surface area contributed by atoms with Crippen molar-refractivity contribution in [1.29, 1.82) is 0 Å². The predicted molar refractivity (Wildman–Crippen MR) is 78.5 cm³/mol. The van der Waals surface area contributed by atoms with Gasteiger partial charge in [0, 0.05) is 6.20 Å². The van der Waals surface area contributed by atoms with Crippen molar-refractivity contribution in [3.8, 4) is 0 Å². The zero-order valence-electron chi connectivity index (χ0n) is 11.0. The third-order valence-electron chi connectivity index (χ3n) is 2.71. The number of aromatic nitrogens is 1. The van der Waals surface area contributed by atoms with E-state index in [4.69, 9.17) is 5.73 Å². The largest absolute Gasteiger partial charge is 0.380 e. The second-order valence-corrected chi connectivity index (χ2v) is 4.30. The van der Waals surface area contributed by atoms with Crippen LogP contribution in [0.25, 0.3) is 0 Å². The van der Waals surface area contributed by atoms with Gasteiger partial charge in [-0.1, -0.05) is 29.8 Å². The maximum atomic E-state index is 5.80. The van der Waals surface area contributed by atoms with Gasteiger partial charge in [0.2, 0.25) is 0 Å². The van der Waals surface area contributed by atoms with Crippen LogP contribution in [0.1, 0.15) is 22.4 Å². The Labute approximate surface area is 112 Å². The van der Waals surface area contributed by atoms with E-state index in [1.807, 2.05) is 31.2 Å². The third-order valence-corrected chi connectivity index (χ3v) is 2.71. The van der Waals surface area contributed by atoms with Crippen molar-refractivity contribution in [2.45, 2.75) is 13.8 Å². The second-order valence-electron chi connectivity index (χ2n) is 4.30. The van der Waals surface area contributed by atoms with Gasteiger partial charge >= 0.3 is 0 Å². The SMILES string of the molecule is Cc1ccc(/C=N/N=C(/N)c2ccccn2)c(C)c1. The molecule has 19 heavy (non-hydrogen) atoms. The van der Waals surface area contributed by atoms with Crippen molar-refractivity contribution < 1.29 is 0 Å². The Morgan fingerprint density at radius 2 is 2.05 bits per heavy atom. The van der Waals surface area contributed by atoms with Gasteiger partial charge in [0.05, 0.1) is 6.21 Å². The van der Waals surface area contributed by atoms with Crippen LogP contribution >= 0.6 is 0 Å². The van der Waals surface area contributed by atoms with Crippen molar-refractivity contribution in [3.63, 3.8) is 0 Å². The molecule has 0 radical (unpaired) electrons. The lowest BCUT2D eigenvalue weighted by Crippen LogP contribution is -2.14. The molecule has 0 atom stereocenters. The molecule has 1 aromatic carbocycles. The Hall–Kier alpha value is -2.49. The summed E-state index contributed by atoms with van der Waals surface area (Å²) in [6.07, 6.45) is 3.37. The highest BCUT2D eigenvalue weighted by molar-refractivity contribution is 5.96. The van der Waals surface area contributed by atoms with Crippen LogP contribution in [0.15, 0.2) is 52.8 Å². The number of nitrogens with two attached hydrogens (primary N) is 1. The van der Waals surface area contributed by atoms with Gasteiger partial charge in [0.15, 0.2) is 5.84 Å². The average molecular weight is 252 g/mol. The lowest BCUT2D eigenvalue weighted by atomic mass is 10.1. The number of aryl methyl sites for hydroxylation is 2. The van der Waals surface area contributed by atoms with Crippen LogP contribution in [-0.2, 0) is 0 Å². The van der Waals surface area contributed by atoms with E-state index >= 15 is 0 Å². The Morgan fingerprint density at radius 3 is 2.74 bits per heavy atom. The van der Waals surface area contributed by atoms with E-state index in [2.05, 4.69) is 28.2 Å². The maximum Gasteiger partial charge on any atom is 0.171 e. The first-order chi connectivity index (χ1) is 9.16. The number of benzene rings is 1. The minimum atomic E-state index is 0.307. The molecular formula is C15H16N4. The molecule has 0 aliphatic heterocycles. The topological polar surface area (TPSA) is 63.6 Å². The molecular weight excluding hydrogens is 236 g/mol. The summed E-state index contributed by atoms with van der Waals surface area (Å²) in [5.74, 6) is 0.307. The number of hydrogen-bond acceptors (Lipinski definition) is 3. The van der Waals surface area contributed by atoms with Crippen LogP contribution in [0.4, 0.5) is 0 Å². The molecule has 4 nitrogen and oxygen atoms in total. The fourth-order valence-corrected chi connectivity index (χ4v) is 1.69. The summed E-state index contributed by atoms with van der Waals surface area (Å²) in [5, 5.41) is 7.96. The fraction of sp³-hybridized carbons (Fsp3) is 0.133. The zero-order chi connectivity index (χ0) is 13.7. The number of pyridine rings is 1. The molecule has 4 heteroatoms. The standard InChI is InChI=1S/C15H16N4/c1-11-6-7-13(12(2)9-11)10-18-19-15(16)14-5-3-4-8-17-14/h3-10H,1-2H3,(H2,16,19)/b18-10+. The summed E-state index contributed by atoms with van der Waals surface area (Å²) < 4.78 is 0. The number of hydrogen-bond donors (Lipinski definition) is 1. The van der Waals surface area contributed by atoms with Crippen molar-refractivity contribution in [1.82, 2.24) is 4.98 Å². The Morgan fingerprint density at radius 1 is 1.21 bits per heavy atom. The Kier molecular flexibility index (Phi) is 4.03. The van der Waals surface area contributed by atoms with Gasteiger partial charge in [-0.05, 0) is 37.1 Å². The first-order valence-corrected chi connectivity index (χ1v) is 6.02. The highest BCUT2D eigenvalue weighted by atomic mass is 15.2. The summed E-state index contributed by atoms with van der Waals surface area (Å²) in [7, 11) is 0. The van der Waals surface area contributed by atoms with Gasteiger partial charge in [0.25, 0.3) is 0 Å². The molecule has 0 unspecified atom stereocenters. The second kappa shape index (κ2) is 5.91. The molecule has 0 fully saturated rings. The molecule has 1 heterocycles. The van der Waals surface area contributed by atoms with E-state index in [9.17, 15) is 0 Å². The quantitative estimate of drug-likeness (QED) is 0.518. The zero-order valence-corrected chi connectivity index (χ0v) is 11.0. The fourth-order valence-electron chi connectivity index (χ4n) is 1.69. The van der Waals surface area contributed by atoms with Gasteiger partial charge in [-0.3, -0.25) is 4.98 Å². The minimum Gasteiger partial charge on any atom is -0.380 e. The predicted octanol–water partition coefficient (Wildman–Crippen LogP) is 2.44. The first kappa shape index (κ1) is 13.0. The van der Waals surface area contributed by atoms with Gasteiger partial charge in [-0.2, -0.15) is 5.10 Å². The molecule has 0 aliphatic rings. The molecule has 0 saturated carbocycles. The summed E-state index contributed by atoms with van der Waals surface area (Å²) >= 11 is 0. The molecule has 1 aromatic heterocycles. The lowest BCUT2D eigenvalue weighted by molar-refractivity contribution is 1.19. The van der Waals surface area contributed by atoms with E-state index < -0.39 is 0 Å². The van der Waals surface area contributed by atoms with E-state index in [0.717, 1.165) is 11.1 Å². The Balaban J connectivity index is 2.15. The van der Waals surface area contributed by atoms with Crippen molar-refractivity contribution in [3.05, 3.63) is 65.0 Å². The average Bonchev–Trinajstić information content (AvgIpc) is 2.42. The van der Waals surface area contributed by atoms with Crippen LogP contribution in [0.2, 0.25) is 0 Å². The summed E-state index contributed by atoms with van der Waals surface area (Å²) in [6, 6.07) is 11.6. The molecule has 0 amide bonds. The molecule has 2 rings (SSSR count). The summed E-state index contributed by atoms with van der Waals surface area (Å²) in [5.41, 5.74) is 9.84. The van der Waals surface area contributed by atoms with Gasteiger partial charge in [-0.15, -0.1) is 5.10 Å². The highest BCUT2D eigenvalue weighted by Gasteiger charge is 1.97. The molecule has 0 spiro atoms. The van der Waals surface area contributed by atoms with Crippen LogP contribution < -0.4 is 5.73 Å². The number of nitrogens with zero attached hydrogens (tertiary/aromatic N) is 3. The van der Waals surface area contributed by atoms with Crippen LogP contribution in [0, 0.1) is 13.8 Å². The molecule has 2 aromatic rings.